The van der Waals surface area contributed by atoms with E-state index in [2.05, 4.69) is 25.1 Å². The van der Waals surface area contributed by atoms with E-state index in [0.29, 0.717) is 30.4 Å². The summed E-state index contributed by atoms with van der Waals surface area (Å²) >= 11 is 0. The molecule has 0 radical (unpaired) electrons. The molecule has 1 N–H and O–H groups in total. The molecular weight excluding hydrogens is 332 g/mol. The molecule has 4 aromatic rings. The van der Waals surface area contributed by atoms with Crippen molar-refractivity contribution in [2.45, 2.75) is 5.92 Å². The van der Waals surface area contributed by atoms with Gasteiger partial charge in [-0.05, 0) is 30.3 Å². The fourth-order valence-corrected chi connectivity index (χ4v) is 3.07. The zero-order chi connectivity index (χ0) is 17.5. The summed E-state index contributed by atoms with van der Waals surface area (Å²) in [4.78, 5) is 30.0. The van der Waals surface area contributed by atoms with E-state index in [0.717, 1.165) is 16.6 Å². The summed E-state index contributed by atoms with van der Waals surface area (Å²) in [7, 11) is 0. The third-order valence-electron chi connectivity index (χ3n) is 4.57. The second-order valence-corrected chi connectivity index (χ2v) is 6.23. The van der Waals surface area contributed by atoms with E-state index in [1.165, 1.54) is 0 Å². The van der Waals surface area contributed by atoms with Crippen molar-refractivity contribution in [2.24, 2.45) is 0 Å². The summed E-state index contributed by atoms with van der Waals surface area (Å²) in [6.45, 7) is 1.13. The number of amides is 1. The van der Waals surface area contributed by atoms with Crippen LogP contribution < -0.4 is 0 Å². The molecule has 0 atom stereocenters. The molecule has 8 nitrogen and oxygen atoms in total. The van der Waals surface area contributed by atoms with Gasteiger partial charge in [-0.25, -0.2) is 4.98 Å². The Kier molecular flexibility index (Phi) is 3.27. The number of nitrogens with zero attached hydrogens (tertiary/aromatic N) is 5. The normalized spacial score (nSPS) is 14.5. The standard InChI is InChI=1S/C18H14N6O2/c25-18(12-1-2-14-15(7-12)21-10-20-14)24-8-13(9-24)17-22-16(23-26-17)11-3-5-19-6-4-11/h1-7,10,13H,8-9H2,(H,20,21). The number of benzene rings is 1. The number of aromatic amines is 1. The number of carbonyl (C=O) groups excluding carboxylic acids is 1. The minimum absolute atomic E-state index is 0.00776. The molecule has 26 heavy (non-hydrogen) atoms. The Morgan fingerprint density at radius 3 is 2.88 bits per heavy atom. The van der Waals surface area contributed by atoms with Gasteiger partial charge in [-0.1, -0.05) is 5.16 Å². The highest BCUT2D eigenvalue weighted by Gasteiger charge is 2.36. The van der Waals surface area contributed by atoms with Crippen LogP contribution in [0.1, 0.15) is 22.2 Å². The number of hydrogen-bond donors (Lipinski definition) is 1. The lowest BCUT2D eigenvalue weighted by Crippen LogP contribution is -2.48. The predicted molar refractivity (Wildman–Crippen MR) is 92.3 cm³/mol. The van der Waals surface area contributed by atoms with Crippen LogP contribution in [0.3, 0.4) is 0 Å². The number of imidazole rings is 1. The zero-order valence-electron chi connectivity index (χ0n) is 13.7. The Hall–Kier alpha value is -3.55. The minimum atomic E-state index is -0.00776. The van der Waals surface area contributed by atoms with Gasteiger partial charge in [0.25, 0.3) is 5.91 Å². The quantitative estimate of drug-likeness (QED) is 0.610. The van der Waals surface area contributed by atoms with Gasteiger partial charge in [-0.2, -0.15) is 4.98 Å². The number of hydrogen-bond acceptors (Lipinski definition) is 6. The highest BCUT2D eigenvalue weighted by atomic mass is 16.5. The average molecular weight is 346 g/mol. The number of aromatic nitrogens is 5. The first-order valence-electron chi connectivity index (χ1n) is 8.24. The van der Waals surface area contributed by atoms with Crippen LogP contribution in [0, 0.1) is 0 Å². The van der Waals surface area contributed by atoms with E-state index in [1.807, 2.05) is 24.3 Å². The summed E-state index contributed by atoms with van der Waals surface area (Å²) in [5.74, 6) is 1.16. The van der Waals surface area contributed by atoms with Gasteiger partial charge in [0.15, 0.2) is 0 Å². The molecule has 4 heterocycles. The van der Waals surface area contributed by atoms with Crippen LogP contribution in [0.4, 0.5) is 0 Å². The number of fused-ring (bicyclic) bond motifs is 1. The highest BCUT2D eigenvalue weighted by Crippen LogP contribution is 2.29. The molecule has 0 bridgehead atoms. The molecular formula is C18H14N6O2. The molecule has 1 saturated heterocycles. The number of H-pyrrole nitrogens is 1. The smallest absolute Gasteiger partial charge is 0.253 e. The third kappa shape index (κ3) is 2.43. The first-order chi connectivity index (χ1) is 12.8. The lowest BCUT2D eigenvalue weighted by Gasteiger charge is -2.37. The third-order valence-corrected chi connectivity index (χ3v) is 4.57. The Balaban J connectivity index is 1.28. The van der Waals surface area contributed by atoms with Crippen molar-refractivity contribution in [3.05, 3.63) is 60.5 Å². The van der Waals surface area contributed by atoms with Crippen molar-refractivity contribution in [3.63, 3.8) is 0 Å². The molecule has 1 fully saturated rings. The van der Waals surface area contributed by atoms with Gasteiger partial charge in [-0.15, -0.1) is 0 Å². The molecule has 0 saturated carbocycles. The van der Waals surface area contributed by atoms with Crippen molar-refractivity contribution in [2.75, 3.05) is 13.1 Å². The number of rotatable bonds is 3. The van der Waals surface area contributed by atoms with E-state index < -0.39 is 0 Å². The molecule has 5 rings (SSSR count). The van der Waals surface area contributed by atoms with Crippen molar-refractivity contribution >= 4 is 16.9 Å². The minimum Gasteiger partial charge on any atom is -0.345 e. The average Bonchev–Trinajstić information content (AvgIpc) is 3.30. The fraction of sp³-hybridized carbons (Fsp3) is 0.167. The fourth-order valence-electron chi connectivity index (χ4n) is 3.07. The Bertz CT molecular complexity index is 1080. The second kappa shape index (κ2) is 5.76. The predicted octanol–water partition coefficient (Wildman–Crippen LogP) is 2.25. The van der Waals surface area contributed by atoms with E-state index in [4.69, 9.17) is 4.52 Å². The topological polar surface area (TPSA) is 101 Å². The van der Waals surface area contributed by atoms with E-state index >= 15 is 0 Å². The summed E-state index contributed by atoms with van der Waals surface area (Å²) in [5, 5.41) is 4.02. The number of pyridine rings is 1. The molecule has 1 amide bonds. The molecule has 1 aromatic carbocycles. The van der Waals surface area contributed by atoms with Gasteiger partial charge in [0, 0.05) is 36.6 Å². The molecule has 3 aromatic heterocycles. The SMILES string of the molecule is O=C(c1ccc2nc[nH]c2c1)N1CC(c2nc(-c3ccncc3)no2)C1. The van der Waals surface area contributed by atoms with Crippen LogP contribution in [-0.4, -0.2) is 49.0 Å². The van der Waals surface area contributed by atoms with Crippen LogP contribution in [0.5, 0.6) is 0 Å². The van der Waals surface area contributed by atoms with Crippen molar-refractivity contribution < 1.29 is 9.32 Å². The largest absolute Gasteiger partial charge is 0.345 e. The van der Waals surface area contributed by atoms with Crippen LogP contribution in [0.15, 0.2) is 53.6 Å². The van der Waals surface area contributed by atoms with Crippen molar-refractivity contribution in [1.29, 1.82) is 0 Å². The number of likely N-dealkylation sites (tertiary alicyclic amines) is 1. The first-order valence-corrected chi connectivity index (χ1v) is 8.24. The van der Waals surface area contributed by atoms with Crippen LogP contribution >= 0.6 is 0 Å². The molecule has 0 aliphatic carbocycles. The molecule has 0 spiro atoms. The van der Waals surface area contributed by atoms with Gasteiger partial charge in [0.1, 0.15) is 0 Å². The lowest BCUT2D eigenvalue weighted by molar-refractivity contribution is 0.0569. The van der Waals surface area contributed by atoms with Gasteiger partial charge < -0.3 is 14.4 Å². The van der Waals surface area contributed by atoms with Crippen LogP contribution in [0.25, 0.3) is 22.4 Å². The molecule has 128 valence electrons. The van der Waals surface area contributed by atoms with Gasteiger partial charge >= 0.3 is 0 Å². The van der Waals surface area contributed by atoms with Crippen LogP contribution in [-0.2, 0) is 0 Å². The Labute approximate surface area is 147 Å². The number of carbonyl (C=O) groups is 1. The molecule has 1 aliphatic rings. The monoisotopic (exact) mass is 346 g/mol. The van der Waals surface area contributed by atoms with Gasteiger partial charge in [0.2, 0.25) is 11.7 Å². The highest BCUT2D eigenvalue weighted by molar-refractivity contribution is 5.97. The van der Waals surface area contributed by atoms with E-state index in [9.17, 15) is 4.79 Å². The lowest BCUT2D eigenvalue weighted by atomic mass is 9.98. The second-order valence-electron chi connectivity index (χ2n) is 6.23. The van der Waals surface area contributed by atoms with E-state index in [-0.39, 0.29) is 11.8 Å². The maximum Gasteiger partial charge on any atom is 0.253 e. The van der Waals surface area contributed by atoms with Gasteiger partial charge in [-0.3, -0.25) is 9.78 Å². The first kappa shape index (κ1) is 14.8. The summed E-state index contributed by atoms with van der Waals surface area (Å²) in [5.41, 5.74) is 3.20. The Morgan fingerprint density at radius 1 is 1.19 bits per heavy atom. The maximum absolute atomic E-state index is 12.6. The summed E-state index contributed by atoms with van der Waals surface area (Å²) < 4.78 is 5.37. The summed E-state index contributed by atoms with van der Waals surface area (Å²) in [6, 6.07) is 9.13. The van der Waals surface area contributed by atoms with Crippen molar-refractivity contribution in [1.82, 2.24) is 30.0 Å². The molecule has 0 unspecified atom stereocenters. The maximum atomic E-state index is 12.6. The summed E-state index contributed by atoms with van der Waals surface area (Å²) in [6.07, 6.45) is 4.99. The number of nitrogens with one attached hydrogen (secondary N) is 1. The Morgan fingerprint density at radius 2 is 2.04 bits per heavy atom. The van der Waals surface area contributed by atoms with E-state index in [1.54, 1.807) is 29.7 Å². The van der Waals surface area contributed by atoms with Crippen LogP contribution in [0.2, 0.25) is 0 Å². The van der Waals surface area contributed by atoms with Crippen molar-refractivity contribution in [3.8, 4) is 11.4 Å². The molecule has 1 aliphatic heterocycles. The van der Waals surface area contributed by atoms with Gasteiger partial charge in [0.05, 0.1) is 23.3 Å². The zero-order valence-corrected chi connectivity index (χ0v) is 13.7. The molecule has 8 heteroatoms.